The van der Waals surface area contributed by atoms with Crippen LogP contribution in [0.5, 0.6) is 0 Å². The summed E-state index contributed by atoms with van der Waals surface area (Å²) in [6.07, 6.45) is 1.21. The van der Waals surface area contributed by atoms with Crippen LogP contribution in [0.2, 0.25) is 0 Å². The molecule has 3 aromatic rings. The molecule has 3 atom stereocenters. The Morgan fingerprint density at radius 2 is 1.48 bits per heavy atom. The van der Waals surface area contributed by atoms with Crippen molar-refractivity contribution >= 4 is 11.4 Å². The SMILES string of the molecule is CN(C)c1ccc(C[NH+]2C[C@@H]3C[C@H](C2)c2ccc(-c4ccc(N(C)C)cc4)c(=O)n2C3)cc1. The van der Waals surface area contributed by atoms with Crippen molar-refractivity contribution in [2.24, 2.45) is 5.92 Å². The molecule has 2 aliphatic heterocycles. The molecule has 0 amide bonds. The summed E-state index contributed by atoms with van der Waals surface area (Å²) < 4.78 is 2.08. The predicted octanol–water partition coefficient (Wildman–Crippen LogP) is 2.85. The van der Waals surface area contributed by atoms with Crippen LogP contribution in [0, 0.1) is 5.92 Å². The van der Waals surface area contributed by atoms with E-state index < -0.39 is 0 Å². The number of piperidine rings is 1. The van der Waals surface area contributed by atoms with Gasteiger partial charge in [-0.25, -0.2) is 0 Å². The quantitative estimate of drug-likeness (QED) is 0.658. The lowest BCUT2D eigenvalue weighted by molar-refractivity contribution is -0.924. The van der Waals surface area contributed by atoms with E-state index in [0.717, 1.165) is 43.0 Å². The standard InChI is InChI=1S/C28H34N4O/c1-29(2)24-9-5-20(6-10-24)16-31-17-21-15-23(19-31)27-14-13-26(28(33)32(27)18-21)22-7-11-25(12-8-22)30(3)4/h5-14,21,23H,15-19H2,1-4H3/p+1/t21-,23+/m0/s1. The molecule has 0 saturated carbocycles. The number of aromatic nitrogens is 1. The molecule has 3 heterocycles. The minimum absolute atomic E-state index is 0.169. The van der Waals surface area contributed by atoms with Gasteiger partial charge in [0.15, 0.2) is 0 Å². The van der Waals surface area contributed by atoms with Gasteiger partial charge in [-0.15, -0.1) is 0 Å². The number of nitrogens with one attached hydrogen (secondary N) is 1. The maximum Gasteiger partial charge on any atom is 0.258 e. The molecule has 5 rings (SSSR count). The van der Waals surface area contributed by atoms with Gasteiger partial charge in [-0.3, -0.25) is 4.79 Å². The molecule has 0 aliphatic carbocycles. The van der Waals surface area contributed by atoms with Crippen LogP contribution in [0.15, 0.2) is 65.5 Å². The molecule has 1 aromatic heterocycles. The molecule has 1 saturated heterocycles. The van der Waals surface area contributed by atoms with E-state index in [4.69, 9.17) is 0 Å². The van der Waals surface area contributed by atoms with Crippen LogP contribution >= 0.6 is 0 Å². The Morgan fingerprint density at radius 1 is 0.848 bits per heavy atom. The number of likely N-dealkylation sites (tertiary alicyclic amines) is 1. The number of hydrogen-bond donors (Lipinski definition) is 1. The van der Waals surface area contributed by atoms with Gasteiger partial charge in [0.1, 0.15) is 6.54 Å². The Hall–Kier alpha value is -3.05. The van der Waals surface area contributed by atoms with Crippen molar-refractivity contribution < 1.29 is 4.90 Å². The zero-order valence-corrected chi connectivity index (χ0v) is 20.2. The van der Waals surface area contributed by atoms with E-state index in [1.807, 2.05) is 20.2 Å². The summed E-state index contributed by atoms with van der Waals surface area (Å²) in [5.41, 5.74) is 6.99. The van der Waals surface area contributed by atoms with Gasteiger partial charge in [-0.1, -0.05) is 24.3 Å². The zero-order valence-electron chi connectivity index (χ0n) is 20.2. The molecule has 1 N–H and O–H groups in total. The van der Waals surface area contributed by atoms with Crippen molar-refractivity contribution in [1.82, 2.24) is 4.57 Å². The van der Waals surface area contributed by atoms with Crippen molar-refractivity contribution in [3.05, 3.63) is 82.3 Å². The summed E-state index contributed by atoms with van der Waals surface area (Å²) >= 11 is 0. The predicted molar refractivity (Wildman–Crippen MR) is 136 cm³/mol. The third-order valence-electron chi connectivity index (χ3n) is 7.40. The van der Waals surface area contributed by atoms with Gasteiger partial charge >= 0.3 is 0 Å². The molecule has 0 radical (unpaired) electrons. The summed E-state index contributed by atoms with van der Waals surface area (Å²) in [6.45, 7) is 4.14. The second kappa shape index (κ2) is 8.71. The van der Waals surface area contributed by atoms with Crippen LogP contribution in [0.3, 0.4) is 0 Å². The Morgan fingerprint density at radius 3 is 2.12 bits per heavy atom. The van der Waals surface area contributed by atoms with Gasteiger partial charge in [0, 0.05) is 74.8 Å². The lowest BCUT2D eigenvalue weighted by atomic mass is 9.82. The van der Waals surface area contributed by atoms with Gasteiger partial charge < -0.3 is 19.3 Å². The Kier molecular flexibility index (Phi) is 5.75. The normalized spacial score (nSPS) is 21.4. The topological polar surface area (TPSA) is 32.9 Å². The molecule has 1 fully saturated rings. The van der Waals surface area contributed by atoms with Crippen molar-refractivity contribution in [1.29, 1.82) is 0 Å². The molecule has 2 aliphatic rings. The average molecular weight is 444 g/mol. The number of quaternary nitrogens is 1. The van der Waals surface area contributed by atoms with Crippen molar-refractivity contribution in [2.75, 3.05) is 51.1 Å². The van der Waals surface area contributed by atoms with Crippen LogP contribution < -0.4 is 20.3 Å². The largest absolute Gasteiger partial charge is 0.378 e. The maximum atomic E-state index is 13.5. The van der Waals surface area contributed by atoms with E-state index in [1.165, 1.54) is 23.4 Å². The minimum Gasteiger partial charge on any atom is -0.378 e. The summed E-state index contributed by atoms with van der Waals surface area (Å²) in [5.74, 6) is 1.03. The number of anilines is 2. The molecule has 2 bridgehead atoms. The van der Waals surface area contributed by atoms with E-state index in [-0.39, 0.29) is 5.56 Å². The first-order valence-corrected chi connectivity index (χ1v) is 12.0. The van der Waals surface area contributed by atoms with E-state index in [0.29, 0.717) is 11.8 Å². The molecule has 33 heavy (non-hydrogen) atoms. The third-order valence-corrected chi connectivity index (χ3v) is 7.40. The number of pyridine rings is 1. The van der Waals surface area contributed by atoms with E-state index in [9.17, 15) is 4.79 Å². The molecule has 172 valence electrons. The van der Waals surface area contributed by atoms with Crippen LogP contribution in [-0.2, 0) is 13.1 Å². The molecule has 5 nitrogen and oxygen atoms in total. The van der Waals surface area contributed by atoms with Crippen LogP contribution in [0.25, 0.3) is 11.1 Å². The first kappa shape index (κ1) is 21.8. The third kappa shape index (κ3) is 4.30. The van der Waals surface area contributed by atoms with Gasteiger partial charge in [-0.05, 0) is 48.4 Å². The van der Waals surface area contributed by atoms with Crippen LogP contribution in [-0.4, -0.2) is 45.8 Å². The number of fused-ring (bicyclic) bond motifs is 4. The highest BCUT2D eigenvalue weighted by atomic mass is 16.1. The van der Waals surface area contributed by atoms with Gasteiger partial charge in [-0.2, -0.15) is 0 Å². The zero-order chi connectivity index (χ0) is 23.1. The molecular weight excluding hydrogens is 408 g/mol. The summed E-state index contributed by atoms with van der Waals surface area (Å²) in [7, 11) is 8.22. The number of benzene rings is 2. The first-order valence-electron chi connectivity index (χ1n) is 12.0. The first-order chi connectivity index (χ1) is 15.9. The van der Waals surface area contributed by atoms with Gasteiger partial charge in [0.05, 0.1) is 13.1 Å². The monoisotopic (exact) mass is 443 g/mol. The minimum atomic E-state index is 0.169. The highest BCUT2D eigenvalue weighted by Gasteiger charge is 2.37. The fraction of sp³-hybridized carbons (Fsp3) is 0.393. The number of rotatable bonds is 5. The Labute approximate surface area is 196 Å². The van der Waals surface area contributed by atoms with Crippen molar-refractivity contribution in [3.8, 4) is 11.1 Å². The Bertz CT molecular complexity index is 1180. The number of nitrogens with zero attached hydrogens (tertiary/aromatic N) is 3. The van der Waals surface area contributed by atoms with Crippen molar-refractivity contribution in [2.45, 2.75) is 25.4 Å². The molecule has 0 spiro atoms. The van der Waals surface area contributed by atoms with Crippen LogP contribution in [0.1, 0.15) is 23.6 Å². The van der Waals surface area contributed by atoms with E-state index >= 15 is 0 Å². The summed E-state index contributed by atoms with van der Waals surface area (Å²) in [4.78, 5) is 19.3. The fourth-order valence-electron chi connectivity index (χ4n) is 5.67. The summed E-state index contributed by atoms with van der Waals surface area (Å²) in [6, 6.07) is 21.5. The van der Waals surface area contributed by atoms with Crippen molar-refractivity contribution in [3.63, 3.8) is 0 Å². The van der Waals surface area contributed by atoms with E-state index in [2.05, 4.69) is 83.1 Å². The number of hydrogen-bond acceptors (Lipinski definition) is 3. The maximum absolute atomic E-state index is 13.5. The highest BCUT2D eigenvalue weighted by Crippen LogP contribution is 2.32. The van der Waals surface area contributed by atoms with Gasteiger partial charge in [0.25, 0.3) is 5.56 Å². The smallest absolute Gasteiger partial charge is 0.258 e. The van der Waals surface area contributed by atoms with Gasteiger partial charge in [0.2, 0.25) is 0 Å². The molecule has 1 unspecified atom stereocenters. The molecular formula is C28H35N4O+. The molecule has 5 heteroatoms. The Balaban J connectivity index is 1.36. The average Bonchev–Trinajstić information content (AvgIpc) is 2.80. The lowest BCUT2D eigenvalue weighted by Crippen LogP contribution is -3.13. The van der Waals surface area contributed by atoms with Crippen LogP contribution in [0.4, 0.5) is 11.4 Å². The van der Waals surface area contributed by atoms with E-state index in [1.54, 1.807) is 4.90 Å². The fourth-order valence-corrected chi connectivity index (χ4v) is 5.67. The second-order valence-corrected chi connectivity index (χ2v) is 10.2. The highest BCUT2D eigenvalue weighted by molar-refractivity contribution is 5.65. The lowest BCUT2D eigenvalue weighted by Gasteiger charge is -2.40. The summed E-state index contributed by atoms with van der Waals surface area (Å²) in [5, 5.41) is 0. The molecule has 2 aromatic carbocycles. The second-order valence-electron chi connectivity index (χ2n) is 10.2.